The number of aromatic nitrogens is 1. The van der Waals surface area contributed by atoms with Crippen molar-refractivity contribution in [2.75, 3.05) is 5.32 Å². The zero-order valence-corrected chi connectivity index (χ0v) is 15.5. The number of carbonyl (C=O) groups excluding carboxylic acids is 1. The van der Waals surface area contributed by atoms with Crippen LogP contribution in [-0.2, 0) is 4.79 Å². The third-order valence-corrected chi connectivity index (χ3v) is 3.70. The van der Waals surface area contributed by atoms with Crippen LogP contribution in [0.15, 0.2) is 59.1 Å². The zero-order valence-electron chi connectivity index (χ0n) is 15.5. The molecule has 0 aliphatic rings. The summed E-state index contributed by atoms with van der Waals surface area (Å²) >= 11 is 0. The van der Waals surface area contributed by atoms with E-state index in [1.165, 1.54) is 12.2 Å². The van der Waals surface area contributed by atoms with Gasteiger partial charge in [0.05, 0.1) is 28.0 Å². The van der Waals surface area contributed by atoms with E-state index in [0.717, 1.165) is 18.2 Å². The van der Waals surface area contributed by atoms with E-state index >= 15 is 0 Å². The first-order valence-electron chi connectivity index (χ1n) is 8.44. The van der Waals surface area contributed by atoms with E-state index in [4.69, 9.17) is 9.26 Å². The van der Waals surface area contributed by atoms with Gasteiger partial charge in [0.15, 0.2) is 5.82 Å². The molecule has 0 saturated heterocycles. The van der Waals surface area contributed by atoms with Gasteiger partial charge in [-0.1, -0.05) is 17.3 Å². The van der Waals surface area contributed by atoms with Crippen molar-refractivity contribution in [1.29, 1.82) is 0 Å². The van der Waals surface area contributed by atoms with Gasteiger partial charge in [-0.05, 0) is 30.7 Å². The number of non-ortho nitro benzene ring substituents is 2. The molecule has 0 aliphatic heterocycles. The van der Waals surface area contributed by atoms with E-state index in [0.29, 0.717) is 11.3 Å². The van der Waals surface area contributed by atoms with Gasteiger partial charge in [-0.3, -0.25) is 25.0 Å². The van der Waals surface area contributed by atoms with Crippen LogP contribution in [0.4, 0.5) is 17.2 Å². The predicted molar refractivity (Wildman–Crippen MR) is 105 cm³/mol. The lowest BCUT2D eigenvalue weighted by Gasteiger charge is -2.06. The molecule has 0 bridgehead atoms. The van der Waals surface area contributed by atoms with Gasteiger partial charge >= 0.3 is 0 Å². The maximum atomic E-state index is 11.9. The van der Waals surface area contributed by atoms with Crippen molar-refractivity contribution in [3.05, 3.63) is 86.2 Å². The van der Waals surface area contributed by atoms with Crippen molar-refractivity contribution >= 4 is 29.2 Å². The van der Waals surface area contributed by atoms with Crippen molar-refractivity contribution in [1.82, 2.24) is 5.16 Å². The molecule has 11 heteroatoms. The summed E-state index contributed by atoms with van der Waals surface area (Å²) in [6.07, 6.45) is 2.80. The van der Waals surface area contributed by atoms with E-state index in [-0.39, 0.29) is 17.3 Å². The average Bonchev–Trinajstić information content (AvgIpc) is 3.11. The Hall–Kier alpha value is -4.54. The number of hydrogen-bond donors (Lipinski definition) is 1. The molecule has 0 radical (unpaired) electrons. The van der Waals surface area contributed by atoms with Crippen LogP contribution in [0.25, 0.3) is 6.08 Å². The Morgan fingerprint density at radius 1 is 1.07 bits per heavy atom. The molecule has 1 heterocycles. The van der Waals surface area contributed by atoms with Crippen LogP contribution >= 0.6 is 0 Å². The Kier molecular flexibility index (Phi) is 5.82. The summed E-state index contributed by atoms with van der Waals surface area (Å²) in [6, 6.07) is 11.1. The van der Waals surface area contributed by atoms with E-state index in [1.807, 2.05) is 0 Å². The van der Waals surface area contributed by atoms with Crippen molar-refractivity contribution in [3.8, 4) is 11.5 Å². The normalized spacial score (nSPS) is 10.7. The monoisotopic (exact) mass is 410 g/mol. The Morgan fingerprint density at radius 2 is 1.77 bits per heavy atom. The van der Waals surface area contributed by atoms with Crippen LogP contribution in [-0.4, -0.2) is 20.9 Å². The molecule has 3 aromatic rings. The largest absolute Gasteiger partial charge is 0.457 e. The molecule has 1 amide bonds. The number of amides is 1. The maximum Gasteiger partial charge on any atom is 0.280 e. The van der Waals surface area contributed by atoms with Gasteiger partial charge in [0.2, 0.25) is 5.91 Å². The van der Waals surface area contributed by atoms with Gasteiger partial charge in [0.1, 0.15) is 17.3 Å². The molecular weight excluding hydrogens is 396 g/mol. The van der Waals surface area contributed by atoms with E-state index in [1.54, 1.807) is 37.3 Å². The molecule has 2 aromatic carbocycles. The quantitative estimate of drug-likeness (QED) is 0.345. The first kappa shape index (κ1) is 20.2. The first-order valence-corrected chi connectivity index (χ1v) is 8.44. The fourth-order valence-corrected chi connectivity index (χ4v) is 2.42. The van der Waals surface area contributed by atoms with Crippen molar-refractivity contribution in [3.63, 3.8) is 0 Å². The lowest BCUT2D eigenvalue weighted by atomic mass is 10.2. The van der Waals surface area contributed by atoms with Crippen LogP contribution in [0.3, 0.4) is 0 Å². The van der Waals surface area contributed by atoms with Gasteiger partial charge in [0, 0.05) is 12.1 Å². The molecule has 0 spiro atoms. The summed E-state index contributed by atoms with van der Waals surface area (Å²) in [6.45, 7) is 1.69. The summed E-state index contributed by atoms with van der Waals surface area (Å²) in [7, 11) is 0. The maximum absolute atomic E-state index is 11.9. The standard InChI is InChI=1S/C19H14N4O7/c1-12-7-18(21-30-12)20-19(24)6-5-13-3-2-4-16(8-13)29-17-10-14(22(25)26)9-15(11-17)23(27)28/h2-11H,1H3,(H,20,21,24)/b6-5-. The minimum absolute atomic E-state index is 0.0591. The summed E-state index contributed by atoms with van der Waals surface area (Å²) in [5.74, 6) is 0.631. The second-order valence-corrected chi connectivity index (χ2v) is 6.02. The number of nitro benzene ring substituents is 2. The molecule has 30 heavy (non-hydrogen) atoms. The summed E-state index contributed by atoms with van der Waals surface area (Å²) in [5, 5.41) is 28.2. The third-order valence-electron chi connectivity index (χ3n) is 3.70. The number of aryl methyl sites for hydroxylation is 1. The Bertz CT molecular complexity index is 1120. The van der Waals surface area contributed by atoms with Crippen molar-refractivity contribution in [2.45, 2.75) is 6.92 Å². The molecule has 3 rings (SSSR count). The minimum Gasteiger partial charge on any atom is -0.457 e. The fraction of sp³-hybridized carbons (Fsp3) is 0.0526. The van der Waals surface area contributed by atoms with Gasteiger partial charge in [-0.2, -0.15) is 0 Å². The van der Waals surface area contributed by atoms with Crippen LogP contribution in [0.5, 0.6) is 11.5 Å². The van der Waals surface area contributed by atoms with E-state index in [9.17, 15) is 25.0 Å². The topological polar surface area (TPSA) is 151 Å². The van der Waals surface area contributed by atoms with E-state index < -0.39 is 27.1 Å². The highest BCUT2D eigenvalue weighted by atomic mass is 16.6. The Balaban J connectivity index is 1.75. The number of benzene rings is 2. The van der Waals surface area contributed by atoms with Crippen LogP contribution in [0.1, 0.15) is 11.3 Å². The number of nitrogens with one attached hydrogen (secondary N) is 1. The molecule has 0 aliphatic carbocycles. The van der Waals surface area contributed by atoms with Gasteiger partial charge < -0.3 is 14.6 Å². The van der Waals surface area contributed by atoms with E-state index in [2.05, 4.69) is 10.5 Å². The summed E-state index contributed by atoms with van der Waals surface area (Å²) in [5.41, 5.74) is -0.330. The number of nitrogens with zero attached hydrogens (tertiary/aromatic N) is 3. The first-order chi connectivity index (χ1) is 14.3. The second-order valence-electron chi connectivity index (χ2n) is 6.02. The van der Waals surface area contributed by atoms with Crippen molar-refractivity contribution in [2.24, 2.45) is 0 Å². The summed E-state index contributed by atoms with van der Waals surface area (Å²) < 4.78 is 10.4. The number of carbonyl (C=O) groups is 1. The second kappa shape index (κ2) is 8.65. The molecule has 0 atom stereocenters. The average molecular weight is 410 g/mol. The molecule has 0 fully saturated rings. The molecule has 11 nitrogen and oxygen atoms in total. The fourth-order valence-electron chi connectivity index (χ4n) is 2.42. The molecule has 1 N–H and O–H groups in total. The minimum atomic E-state index is -0.742. The Morgan fingerprint density at radius 3 is 2.37 bits per heavy atom. The number of ether oxygens (including phenoxy) is 1. The van der Waals surface area contributed by atoms with Crippen LogP contribution in [0, 0.1) is 27.2 Å². The van der Waals surface area contributed by atoms with Gasteiger partial charge in [-0.15, -0.1) is 0 Å². The lowest BCUT2D eigenvalue weighted by molar-refractivity contribution is -0.394. The predicted octanol–water partition coefficient (Wildman–Crippen LogP) is 4.24. The van der Waals surface area contributed by atoms with Crippen LogP contribution in [0.2, 0.25) is 0 Å². The highest BCUT2D eigenvalue weighted by molar-refractivity contribution is 6.01. The van der Waals surface area contributed by atoms with Gasteiger partial charge in [0.25, 0.3) is 11.4 Å². The molecule has 0 saturated carbocycles. The van der Waals surface area contributed by atoms with Crippen molar-refractivity contribution < 1.29 is 23.9 Å². The Labute approximate surface area is 168 Å². The number of anilines is 1. The smallest absolute Gasteiger partial charge is 0.280 e. The highest BCUT2D eigenvalue weighted by Gasteiger charge is 2.17. The molecular formula is C19H14N4O7. The number of hydrogen-bond acceptors (Lipinski definition) is 8. The lowest BCUT2D eigenvalue weighted by Crippen LogP contribution is -2.07. The van der Waals surface area contributed by atoms with Gasteiger partial charge in [-0.25, -0.2) is 0 Å². The number of nitro groups is 2. The molecule has 1 aromatic heterocycles. The summed E-state index contributed by atoms with van der Waals surface area (Å²) in [4.78, 5) is 32.4. The zero-order chi connectivity index (χ0) is 21.7. The SMILES string of the molecule is Cc1cc(NC(=O)/C=C\c2cccc(Oc3cc([N+](=O)[O-])cc([N+](=O)[O-])c3)c2)no1. The molecule has 0 unspecified atom stereocenters. The molecule has 152 valence electrons. The van der Waals surface area contributed by atoms with Crippen LogP contribution < -0.4 is 10.1 Å². The number of rotatable bonds is 7. The third kappa shape index (κ3) is 5.25. The highest BCUT2D eigenvalue weighted by Crippen LogP contribution is 2.31.